The van der Waals surface area contributed by atoms with E-state index in [2.05, 4.69) is 10.6 Å². The Morgan fingerprint density at radius 3 is 2.29 bits per heavy atom. The second-order valence-corrected chi connectivity index (χ2v) is 3.95. The van der Waals surface area contributed by atoms with Gasteiger partial charge in [0.15, 0.2) is 0 Å². The molecule has 0 aromatic rings. The molecule has 7 nitrogen and oxygen atoms in total. The van der Waals surface area contributed by atoms with E-state index in [4.69, 9.17) is 10.8 Å². The fraction of sp³-hybridized carbons (Fsp3) is 0.700. The van der Waals surface area contributed by atoms with Gasteiger partial charge in [0, 0.05) is 13.0 Å². The molecule has 0 aliphatic carbocycles. The van der Waals surface area contributed by atoms with Gasteiger partial charge in [0.25, 0.3) is 0 Å². The summed E-state index contributed by atoms with van der Waals surface area (Å²) in [6.07, 6.45) is 0.0650. The molecule has 0 aromatic heterocycles. The first-order valence-electron chi connectivity index (χ1n) is 5.37. The van der Waals surface area contributed by atoms with Gasteiger partial charge < -0.3 is 10.8 Å². The molecule has 0 radical (unpaired) electrons. The summed E-state index contributed by atoms with van der Waals surface area (Å²) in [6.45, 7) is 3.34. The third kappa shape index (κ3) is 6.64. The van der Waals surface area contributed by atoms with Gasteiger partial charge in [-0.15, -0.1) is 0 Å². The maximum atomic E-state index is 11.7. The van der Waals surface area contributed by atoms with Gasteiger partial charge in [-0.05, 0) is 5.92 Å². The van der Waals surface area contributed by atoms with Crippen molar-refractivity contribution < 1.29 is 19.5 Å². The van der Waals surface area contributed by atoms with Crippen molar-refractivity contribution in [3.8, 4) is 0 Å². The molecule has 0 spiro atoms. The van der Waals surface area contributed by atoms with Crippen LogP contribution in [0.25, 0.3) is 0 Å². The van der Waals surface area contributed by atoms with Gasteiger partial charge in [-0.25, -0.2) is 0 Å². The van der Waals surface area contributed by atoms with Gasteiger partial charge >= 0.3 is 5.97 Å². The average molecular weight is 245 g/mol. The topological polar surface area (TPSA) is 122 Å². The minimum absolute atomic E-state index is 0.0650. The summed E-state index contributed by atoms with van der Waals surface area (Å²) in [5.74, 6) is -2.17. The molecule has 2 amide bonds. The van der Waals surface area contributed by atoms with Crippen molar-refractivity contribution in [1.29, 1.82) is 0 Å². The Labute approximate surface area is 99.7 Å². The number of amides is 2. The van der Waals surface area contributed by atoms with Crippen molar-refractivity contribution in [3.05, 3.63) is 0 Å². The summed E-state index contributed by atoms with van der Waals surface area (Å²) in [4.78, 5) is 33.2. The minimum Gasteiger partial charge on any atom is -0.480 e. The molecule has 0 aromatic carbocycles. The van der Waals surface area contributed by atoms with Gasteiger partial charge in [-0.3, -0.25) is 25.0 Å². The van der Waals surface area contributed by atoms with Crippen LogP contribution in [0.1, 0.15) is 20.3 Å². The van der Waals surface area contributed by atoms with E-state index in [1.54, 1.807) is 13.8 Å². The van der Waals surface area contributed by atoms with Crippen molar-refractivity contribution in [2.45, 2.75) is 26.3 Å². The Bertz CT molecular complexity index is 291. The Hall–Kier alpha value is -1.47. The lowest BCUT2D eigenvalue weighted by atomic mass is 10.0. The average Bonchev–Trinajstić information content (AvgIpc) is 2.16. The third-order valence-electron chi connectivity index (χ3n) is 2.06. The molecule has 1 atom stereocenters. The van der Waals surface area contributed by atoms with Crippen LogP contribution in [0, 0.1) is 5.92 Å². The number of nitrogens with one attached hydrogen (secondary N) is 2. The molecular weight excluding hydrogens is 226 g/mol. The Morgan fingerprint density at radius 1 is 1.29 bits per heavy atom. The van der Waals surface area contributed by atoms with E-state index in [0.29, 0.717) is 0 Å². The lowest BCUT2D eigenvalue weighted by Crippen LogP contribution is -2.50. The van der Waals surface area contributed by atoms with Crippen molar-refractivity contribution in [2.24, 2.45) is 11.7 Å². The summed E-state index contributed by atoms with van der Waals surface area (Å²) in [7, 11) is 0. The summed E-state index contributed by atoms with van der Waals surface area (Å²) in [5.41, 5.74) is 5.17. The van der Waals surface area contributed by atoms with Crippen LogP contribution in [0.15, 0.2) is 0 Å². The second kappa shape index (κ2) is 7.75. The van der Waals surface area contributed by atoms with Crippen molar-refractivity contribution in [1.82, 2.24) is 10.6 Å². The molecule has 7 heteroatoms. The Balaban J connectivity index is 4.34. The standard InChI is InChI=1S/C10H19N3O4/c1-6(2)9(12-5-8(15)16)10(17)13-7(14)3-4-11/h6,9,12H,3-5,11H2,1-2H3,(H,15,16)(H,13,14,17)/t9-/m0/s1. The van der Waals surface area contributed by atoms with Gasteiger partial charge in [0.1, 0.15) is 0 Å². The molecular formula is C10H19N3O4. The summed E-state index contributed by atoms with van der Waals surface area (Å²) in [5, 5.41) is 13.3. The number of nitrogens with two attached hydrogens (primary N) is 1. The zero-order chi connectivity index (χ0) is 13.4. The predicted octanol–water partition coefficient (Wildman–Crippen LogP) is -1.32. The largest absolute Gasteiger partial charge is 0.480 e. The highest BCUT2D eigenvalue weighted by Gasteiger charge is 2.23. The normalized spacial score (nSPS) is 12.2. The molecule has 0 aliphatic heterocycles. The maximum absolute atomic E-state index is 11.7. The van der Waals surface area contributed by atoms with Crippen molar-refractivity contribution in [2.75, 3.05) is 13.1 Å². The fourth-order valence-electron chi connectivity index (χ4n) is 1.24. The van der Waals surface area contributed by atoms with E-state index in [1.165, 1.54) is 0 Å². The second-order valence-electron chi connectivity index (χ2n) is 3.95. The Kier molecular flexibility index (Phi) is 7.08. The number of carbonyl (C=O) groups excluding carboxylic acids is 2. The molecule has 98 valence electrons. The summed E-state index contributed by atoms with van der Waals surface area (Å²) >= 11 is 0. The molecule has 0 aliphatic rings. The van der Waals surface area contributed by atoms with Crippen LogP contribution in [-0.4, -0.2) is 42.0 Å². The zero-order valence-electron chi connectivity index (χ0n) is 10.0. The number of rotatable bonds is 7. The van der Waals surface area contributed by atoms with E-state index in [9.17, 15) is 14.4 Å². The first-order valence-corrected chi connectivity index (χ1v) is 5.37. The molecule has 0 saturated heterocycles. The van der Waals surface area contributed by atoms with E-state index >= 15 is 0 Å². The molecule has 0 rings (SSSR count). The SMILES string of the molecule is CC(C)[C@H](NCC(=O)O)C(=O)NC(=O)CCN. The summed E-state index contributed by atoms with van der Waals surface area (Å²) in [6, 6.07) is -0.715. The highest BCUT2D eigenvalue weighted by atomic mass is 16.4. The molecule has 0 heterocycles. The number of carbonyl (C=O) groups is 3. The molecule has 0 saturated carbocycles. The fourth-order valence-corrected chi connectivity index (χ4v) is 1.24. The van der Waals surface area contributed by atoms with Crippen LogP contribution in [-0.2, 0) is 14.4 Å². The zero-order valence-corrected chi connectivity index (χ0v) is 10.0. The van der Waals surface area contributed by atoms with Crippen LogP contribution >= 0.6 is 0 Å². The molecule has 0 fully saturated rings. The molecule has 17 heavy (non-hydrogen) atoms. The molecule has 5 N–H and O–H groups in total. The lowest BCUT2D eigenvalue weighted by Gasteiger charge is -2.20. The van der Waals surface area contributed by atoms with Crippen LogP contribution < -0.4 is 16.4 Å². The molecule has 0 bridgehead atoms. The highest BCUT2D eigenvalue weighted by Crippen LogP contribution is 2.01. The highest BCUT2D eigenvalue weighted by molar-refractivity contribution is 5.98. The van der Waals surface area contributed by atoms with Crippen LogP contribution in [0.5, 0.6) is 0 Å². The smallest absolute Gasteiger partial charge is 0.317 e. The van der Waals surface area contributed by atoms with E-state index in [0.717, 1.165) is 0 Å². The van der Waals surface area contributed by atoms with Gasteiger partial charge in [0.2, 0.25) is 11.8 Å². The molecule has 0 unspecified atom stereocenters. The minimum atomic E-state index is -1.06. The Morgan fingerprint density at radius 2 is 1.88 bits per heavy atom. The van der Waals surface area contributed by atoms with E-state index < -0.39 is 23.8 Å². The number of carboxylic acids is 1. The number of hydrogen-bond acceptors (Lipinski definition) is 5. The number of carboxylic acid groups (broad SMARTS) is 1. The van der Waals surface area contributed by atoms with E-state index in [-0.39, 0.29) is 25.4 Å². The van der Waals surface area contributed by atoms with Gasteiger partial charge in [0.05, 0.1) is 12.6 Å². The van der Waals surface area contributed by atoms with Crippen LogP contribution in [0.3, 0.4) is 0 Å². The summed E-state index contributed by atoms with van der Waals surface area (Å²) < 4.78 is 0. The number of hydrogen-bond donors (Lipinski definition) is 4. The number of imide groups is 1. The quantitative estimate of drug-likeness (QED) is 0.441. The first kappa shape index (κ1) is 15.5. The van der Waals surface area contributed by atoms with Crippen LogP contribution in [0.2, 0.25) is 0 Å². The van der Waals surface area contributed by atoms with Crippen LogP contribution in [0.4, 0.5) is 0 Å². The number of aliphatic carboxylic acids is 1. The van der Waals surface area contributed by atoms with Gasteiger partial charge in [-0.1, -0.05) is 13.8 Å². The maximum Gasteiger partial charge on any atom is 0.317 e. The van der Waals surface area contributed by atoms with E-state index in [1.807, 2.05) is 0 Å². The van der Waals surface area contributed by atoms with Crippen molar-refractivity contribution in [3.63, 3.8) is 0 Å². The first-order chi connectivity index (χ1) is 7.88. The lowest BCUT2D eigenvalue weighted by molar-refractivity contribution is -0.136. The van der Waals surface area contributed by atoms with Gasteiger partial charge in [-0.2, -0.15) is 0 Å². The predicted molar refractivity (Wildman–Crippen MR) is 61.1 cm³/mol. The van der Waals surface area contributed by atoms with Crippen molar-refractivity contribution >= 4 is 17.8 Å². The third-order valence-corrected chi connectivity index (χ3v) is 2.06. The monoisotopic (exact) mass is 245 g/mol.